The number of carbonyl (C=O) groups is 2. The number of amides is 1. The Morgan fingerprint density at radius 2 is 1.80 bits per heavy atom. The van der Waals surface area contributed by atoms with E-state index in [1.54, 1.807) is 6.92 Å². The lowest BCUT2D eigenvalue weighted by atomic mass is 9.94. The smallest absolute Gasteiger partial charge is 0.331 e. The first-order valence-electron chi connectivity index (χ1n) is 6.83. The molecular formula is C16H23NO3. The molecule has 1 unspecified atom stereocenters. The Bertz CT molecular complexity index is 490. The number of methoxy groups -OCH3 is 1. The van der Waals surface area contributed by atoms with Crippen molar-refractivity contribution in [1.82, 2.24) is 5.32 Å². The van der Waals surface area contributed by atoms with E-state index in [0.717, 1.165) is 17.5 Å². The Balaban J connectivity index is 3.06. The minimum Gasteiger partial charge on any atom is -0.467 e. The Morgan fingerprint density at radius 3 is 2.25 bits per heavy atom. The standard InChI is InChI=1S/C16H23NO3/c1-6-10-16(4,15(19)20-5)17-14(18)13-11(2)8-7-9-12(13)3/h7-9H,6,10H2,1-5H3,(H,17,18). The molecule has 1 atom stereocenters. The first-order chi connectivity index (χ1) is 9.35. The summed E-state index contributed by atoms with van der Waals surface area (Å²) in [6.07, 6.45) is 1.31. The summed E-state index contributed by atoms with van der Waals surface area (Å²) in [5, 5.41) is 2.83. The Kier molecular flexibility index (Phi) is 5.31. The molecule has 4 heteroatoms. The zero-order chi connectivity index (χ0) is 15.3. The molecule has 0 aliphatic heterocycles. The van der Waals surface area contributed by atoms with Gasteiger partial charge in [-0.15, -0.1) is 0 Å². The topological polar surface area (TPSA) is 55.4 Å². The molecule has 0 bridgehead atoms. The number of ether oxygens (including phenoxy) is 1. The van der Waals surface area contributed by atoms with Crippen LogP contribution in [0.15, 0.2) is 18.2 Å². The van der Waals surface area contributed by atoms with Gasteiger partial charge in [-0.25, -0.2) is 4.79 Å². The fraction of sp³-hybridized carbons (Fsp3) is 0.500. The Hall–Kier alpha value is -1.84. The molecule has 1 amide bonds. The minimum atomic E-state index is -0.991. The van der Waals surface area contributed by atoms with Crippen LogP contribution < -0.4 is 5.32 Å². The van der Waals surface area contributed by atoms with E-state index >= 15 is 0 Å². The molecule has 1 rings (SSSR count). The summed E-state index contributed by atoms with van der Waals surface area (Å²) in [5.41, 5.74) is 1.42. The number of nitrogens with one attached hydrogen (secondary N) is 1. The van der Waals surface area contributed by atoms with E-state index in [1.807, 2.05) is 39.0 Å². The van der Waals surface area contributed by atoms with E-state index < -0.39 is 11.5 Å². The van der Waals surface area contributed by atoms with Crippen LogP contribution in [0.5, 0.6) is 0 Å². The van der Waals surface area contributed by atoms with Crippen molar-refractivity contribution < 1.29 is 14.3 Å². The molecule has 0 radical (unpaired) electrons. The van der Waals surface area contributed by atoms with Crippen LogP contribution in [0.1, 0.15) is 48.2 Å². The summed E-state index contributed by atoms with van der Waals surface area (Å²) in [4.78, 5) is 24.4. The van der Waals surface area contributed by atoms with Crippen LogP contribution in [-0.4, -0.2) is 24.5 Å². The highest BCUT2D eigenvalue weighted by Gasteiger charge is 2.35. The largest absolute Gasteiger partial charge is 0.467 e. The van der Waals surface area contributed by atoms with Crippen LogP contribution in [0.25, 0.3) is 0 Å². The first-order valence-corrected chi connectivity index (χ1v) is 6.83. The van der Waals surface area contributed by atoms with Crippen molar-refractivity contribution in [2.24, 2.45) is 0 Å². The van der Waals surface area contributed by atoms with Gasteiger partial charge >= 0.3 is 5.97 Å². The van der Waals surface area contributed by atoms with E-state index in [0.29, 0.717) is 12.0 Å². The highest BCUT2D eigenvalue weighted by molar-refractivity contribution is 6.00. The summed E-state index contributed by atoms with van der Waals surface area (Å²) in [6.45, 7) is 7.44. The van der Waals surface area contributed by atoms with Crippen molar-refractivity contribution in [3.8, 4) is 0 Å². The molecule has 1 aromatic carbocycles. The third kappa shape index (κ3) is 3.38. The van der Waals surface area contributed by atoms with Crippen molar-refractivity contribution in [2.75, 3.05) is 7.11 Å². The van der Waals surface area contributed by atoms with Gasteiger partial charge in [0.15, 0.2) is 0 Å². The molecule has 1 aromatic rings. The minimum absolute atomic E-state index is 0.234. The summed E-state index contributed by atoms with van der Waals surface area (Å²) >= 11 is 0. The second-order valence-corrected chi connectivity index (χ2v) is 5.29. The molecule has 0 fully saturated rings. The number of hydrogen-bond acceptors (Lipinski definition) is 3. The van der Waals surface area contributed by atoms with E-state index in [2.05, 4.69) is 5.32 Å². The van der Waals surface area contributed by atoms with Crippen LogP contribution in [-0.2, 0) is 9.53 Å². The molecule has 4 nitrogen and oxygen atoms in total. The molecule has 0 spiro atoms. The van der Waals surface area contributed by atoms with Gasteiger partial charge in [-0.1, -0.05) is 31.5 Å². The number of hydrogen-bond donors (Lipinski definition) is 1. The molecule has 0 aromatic heterocycles. The summed E-state index contributed by atoms with van der Waals surface area (Å²) in [6, 6.07) is 5.68. The molecule has 0 saturated carbocycles. The Labute approximate surface area is 120 Å². The third-order valence-corrected chi connectivity index (χ3v) is 3.48. The van der Waals surface area contributed by atoms with Gasteiger partial charge in [-0.2, -0.15) is 0 Å². The number of carbonyl (C=O) groups excluding carboxylic acids is 2. The highest BCUT2D eigenvalue weighted by atomic mass is 16.5. The Morgan fingerprint density at radius 1 is 1.25 bits per heavy atom. The zero-order valence-electron chi connectivity index (χ0n) is 12.9. The number of benzene rings is 1. The number of aryl methyl sites for hydroxylation is 2. The van der Waals surface area contributed by atoms with Crippen molar-refractivity contribution in [3.05, 3.63) is 34.9 Å². The molecule has 0 saturated heterocycles. The van der Waals surface area contributed by atoms with E-state index in [9.17, 15) is 9.59 Å². The van der Waals surface area contributed by atoms with Gasteiger partial charge in [0, 0.05) is 5.56 Å². The highest BCUT2D eigenvalue weighted by Crippen LogP contribution is 2.18. The molecule has 0 aliphatic carbocycles. The predicted molar refractivity (Wildman–Crippen MR) is 78.7 cm³/mol. The first kappa shape index (κ1) is 16.2. The predicted octanol–water partition coefficient (Wildman–Crippen LogP) is 2.77. The fourth-order valence-corrected chi connectivity index (χ4v) is 2.43. The van der Waals surface area contributed by atoms with Gasteiger partial charge in [-0.3, -0.25) is 4.79 Å². The molecule has 110 valence electrons. The summed E-state index contributed by atoms with van der Waals surface area (Å²) in [5.74, 6) is -0.652. The molecule has 0 heterocycles. The maximum atomic E-state index is 12.5. The van der Waals surface area contributed by atoms with Crippen LogP contribution in [0.4, 0.5) is 0 Å². The normalized spacial score (nSPS) is 13.4. The number of rotatable bonds is 5. The average Bonchev–Trinajstić information content (AvgIpc) is 2.37. The van der Waals surface area contributed by atoms with Crippen molar-refractivity contribution >= 4 is 11.9 Å². The zero-order valence-corrected chi connectivity index (χ0v) is 12.9. The van der Waals surface area contributed by atoms with E-state index in [4.69, 9.17) is 4.74 Å². The van der Waals surface area contributed by atoms with Crippen LogP contribution >= 0.6 is 0 Å². The molecule has 20 heavy (non-hydrogen) atoms. The van der Waals surface area contributed by atoms with Crippen LogP contribution in [0.3, 0.4) is 0 Å². The lowest BCUT2D eigenvalue weighted by molar-refractivity contribution is -0.147. The van der Waals surface area contributed by atoms with E-state index in [-0.39, 0.29) is 5.91 Å². The quantitative estimate of drug-likeness (QED) is 0.842. The number of esters is 1. The maximum absolute atomic E-state index is 12.5. The lowest BCUT2D eigenvalue weighted by Crippen LogP contribution is -2.52. The SMILES string of the molecule is CCCC(C)(NC(=O)c1c(C)cccc1C)C(=O)OC. The second kappa shape index (κ2) is 6.55. The van der Waals surface area contributed by atoms with Crippen molar-refractivity contribution in [3.63, 3.8) is 0 Å². The van der Waals surface area contributed by atoms with Gasteiger partial charge in [0.2, 0.25) is 0 Å². The van der Waals surface area contributed by atoms with Crippen LogP contribution in [0.2, 0.25) is 0 Å². The van der Waals surface area contributed by atoms with Gasteiger partial charge in [-0.05, 0) is 38.3 Å². The summed E-state index contributed by atoms with van der Waals surface area (Å²) in [7, 11) is 1.33. The van der Waals surface area contributed by atoms with Crippen molar-refractivity contribution in [1.29, 1.82) is 0 Å². The van der Waals surface area contributed by atoms with Gasteiger partial charge in [0.1, 0.15) is 5.54 Å². The fourth-order valence-electron chi connectivity index (χ4n) is 2.43. The van der Waals surface area contributed by atoms with E-state index in [1.165, 1.54) is 7.11 Å². The molecule has 1 N–H and O–H groups in total. The van der Waals surface area contributed by atoms with Gasteiger partial charge in [0.05, 0.1) is 7.11 Å². The lowest BCUT2D eigenvalue weighted by Gasteiger charge is -2.28. The van der Waals surface area contributed by atoms with Crippen LogP contribution in [0, 0.1) is 13.8 Å². The maximum Gasteiger partial charge on any atom is 0.331 e. The second-order valence-electron chi connectivity index (χ2n) is 5.29. The third-order valence-electron chi connectivity index (χ3n) is 3.48. The van der Waals surface area contributed by atoms with Gasteiger partial charge in [0.25, 0.3) is 5.91 Å². The average molecular weight is 277 g/mol. The molecular weight excluding hydrogens is 254 g/mol. The monoisotopic (exact) mass is 277 g/mol. The van der Waals surface area contributed by atoms with Crippen molar-refractivity contribution in [2.45, 2.75) is 46.1 Å². The van der Waals surface area contributed by atoms with Gasteiger partial charge < -0.3 is 10.1 Å². The molecule has 0 aliphatic rings. The summed E-state index contributed by atoms with van der Waals surface area (Å²) < 4.78 is 4.81.